The van der Waals surface area contributed by atoms with Gasteiger partial charge in [-0.25, -0.2) is 0 Å². The number of rotatable bonds is 12. The van der Waals surface area contributed by atoms with Crippen molar-refractivity contribution in [1.82, 2.24) is 21.3 Å². The van der Waals surface area contributed by atoms with Gasteiger partial charge in [-0.2, -0.15) is 0 Å². The van der Waals surface area contributed by atoms with E-state index in [4.69, 9.17) is 27.9 Å². The van der Waals surface area contributed by atoms with E-state index in [0.29, 0.717) is 28.6 Å². The third-order valence-corrected chi connectivity index (χ3v) is 7.26. The van der Waals surface area contributed by atoms with E-state index in [-0.39, 0.29) is 30.2 Å². The Morgan fingerprint density at radius 2 is 1.80 bits per heavy atom. The van der Waals surface area contributed by atoms with Crippen LogP contribution in [0.5, 0.6) is 0 Å². The van der Waals surface area contributed by atoms with Crippen molar-refractivity contribution in [3.8, 4) is 0 Å². The topological polar surface area (TPSA) is 143 Å². The number of esters is 1. The Morgan fingerprint density at radius 3 is 2.37 bits per heavy atom. The average Bonchev–Trinajstić information content (AvgIpc) is 3.59. The van der Waals surface area contributed by atoms with E-state index in [9.17, 15) is 24.0 Å². The highest BCUT2D eigenvalue weighted by atomic mass is 35.5. The van der Waals surface area contributed by atoms with Crippen molar-refractivity contribution in [2.75, 3.05) is 6.54 Å². The normalized spacial score (nSPS) is 19.2. The second kappa shape index (κ2) is 14.2. The minimum atomic E-state index is -1.34. The highest BCUT2D eigenvalue weighted by Crippen LogP contribution is 2.25. The Balaban J connectivity index is 1.82. The Labute approximate surface area is 250 Å². The number of halogens is 2. The lowest BCUT2D eigenvalue weighted by Gasteiger charge is -2.31. The Hall–Kier alpha value is -3.11. The van der Waals surface area contributed by atoms with Gasteiger partial charge in [0.25, 0.3) is 5.91 Å². The molecule has 1 saturated heterocycles. The van der Waals surface area contributed by atoms with E-state index in [2.05, 4.69) is 21.3 Å². The standard InChI is InChI=1S/C29H38Cl2N4O6/c1-16(36)41-25(28(40)33-20-8-9-20)22(13-18-11-12-32-26(18)38)35-27(39)23(15-29(2,3)4)34-24(37)10-6-17-5-7-19(30)14-21(17)31/h5-7,10,14,18,20,22-23,25H,8-9,11-13,15H2,1-4H3,(H,32,38)(H,33,40)(H,34,37)(H,35,39)/b10-6+/t18-,22?,23?,25?/m0/s1. The maximum absolute atomic E-state index is 13.7. The Kier molecular flexibility index (Phi) is 11.2. The zero-order chi connectivity index (χ0) is 30.3. The zero-order valence-electron chi connectivity index (χ0n) is 23.7. The second-order valence-electron chi connectivity index (χ2n) is 11.8. The first-order valence-corrected chi connectivity index (χ1v) is 14.5. The molecule has 4 amide bonds. The number of amides is 4. The van der Waals surface area contributed by atoms with Gasteiger partial charge < -0.3 is 26.0 Å². The quantitative estimate of drug-likeness (QED) is 0.212. The third-order valence-electron chi connectivity index (χ3n) is 6.70. The number of hydrogen-bond acceptors (Lipinski definition) is 6. The zero-order valence-corrected chi connectivity index (χ0v) is 25.2. The molecule has 0 aromatic heterocycles. The molecule has 2 fully saturated rings. The second-order valence-corrected chi connectivity index (χ2v) is 12.6. The number of benzene rings is 1. The van der Waals surface area contributed by atoms with Crippen LogP contribution in [0.3, 0.4) is 0 Å². The van der Waals surface area contributed by atoms with Gasteiger partial charge in [-0.15, -0.1) is 0 Å². The molecular weight excluding hydrogens is 571 g/mol. The molecule has 224 valence electrons. The molecule has 1 aliphatic carbocycles. The van der Waals surface area contributed by atoms with Gasteiger partial charge in [-0.1, -0.05) is 50.0 Å². The molecule has 41 heavy (non-hydrogen) atoms. The van der Waals surface area contributed by atoms with Crippen LogP contribution < -0.4 is 21.3 Å². The van der Waals surface area contributed by atoms with Gasteiger partial charge in [0, 0.05) is 41.5 Å². The minimum absolute atomic E-state index is 0.0134. The van der Waals surface area contributed by atoms with Crippen LogP contribution in [-0.2, 0) is 28.7 Å². The maximum atomic E-state index is 13.7. The largest absolute Gasteiger partial charge is 0.450 e. The van der Waals surface area contributed by atoms with Crippen LogP contribution in [-0.4, -0.2) is 60.4 Å². The molecule has 1 saturated carbocycles. The van der Waals surface area contributed by atoms with Crippen molar-refractivity contribution in [2.45, 2.75) is 84.0 Å². The first-order valence-electron chi connectivity index (χ1n) is 13.7. The predicted octanol–water partition coefficient (Wildman–Crippen LogP) is 3.15. The summed E-state index contributed by atoms with van der Waals surface area (Å²) in [6.45, 7) is 7.43. The van der Waals surface area contributed by atoms with Gasteiger partial charge in [-0.3, -0.25) is 24.0 Å². The van der Waals surface area contributed by atoms with Gasteiger partial charge in [-0.05, 0) is 61.3 Å². The van der Waals surface area contributed by atoms with Crippen molar-refractivity contribution < 1.29 is 28.7 Å². The lowest BCUT2D eigenvalue weighted by atomic mass is 9.87. The molecular formula is C29H38Cl2N4O6. The summed E-state index contributed by atoms with van der Waals surface area (Å²) in [5.41, 5.74) is 0.210. The van der Waals surface area contributed by atoms with Crippen LogP contribution in [0, 0.1) is 11.3 Å². The smallest absolute Gasteiger partial charge is 0.303 e. The summed E-state index contributed by atoms with van der Waals surface area (Å²) >= 11 is 12.1. The molecule has 4 atom stereocenters. The van der Waals surface area contributed by atoms with Gasteiger partial charge in [0.15, 0.2) is 6.10 Å². The van der Waals surface area contributed by atoms with Crippen LogP contribution in [0.25, 0.3) is 6.08 Å². The molecule has 2 aliphatic rings. The monoisotopic (exact) mass is 608 g/mol. The van der Waals surface area contributed by atoms with Crippen molar-refractivity contribution in [3.05, 3.63) is 39.9 Å². The Morgan fingerprint density at radius 1 is 1.10 bits per heavy atom. The molecule has 10 nitrogen and oxygen atoms in total. The number of carbonyl (C=O) groups excluding carboxylic acids is 5. The molecule has 4 N–H and O–H groups in total. The fraction of sp³-hybridized carbons (Fsp3) is 0.552. The van der Waals surface area contributed by atoms with Crippen LogP contribution in [0.2, 0.25) is 10.0 Å². The van der Waals surface area contributed by atoms with Crippen LogP contribution >= 0.6 is 23.2 Å². The van der Waals surface area contributed by atoms with Crippen LogP contribution in [0.4, 0.5) is 0 Å². The number of nitrogens with one attached hydrogen (secondary N) is 4. The van der Waals surface area contributed by atoms with Crippen LogP contribution in [0.15, 0.2) is 24.3 Å². The predicted molar refractivity (Wildman–Crippen MR) is 156 cm³/mol. The molecule has 0 bridgehead atoms. The average molecular weight is 610 g/mol. The summed E-state index contributed by atoms with van der Waals surface area (Å²) in [6, 6.07) is 2.86. The summed E-state index contributed by atoms with van der Waals surface area (Å²) in [4.78, 5) is 64.0. The first kappa shape index (κ1) is 32.4. The van der Waals surface area contributed by atoms with E-state index in [1.54, 1.807) is 18.2 Å². The number of ether oxygens (including phenoxy) is 1. The van der Waals surface area contributed by atoms with E-state index in [1.165, 1.54) is 19.1 Å². The molecule has 3 rings (SSSR count). The van der Waals surface area contributed by atoms with E-state index in [1.807, 2.05) is 20.8 Å². The fourth-order valence-electron chi connectivity index (χ4n) is 4.57. The lowest BCUT2D eigenvalue weighted by molar-refractivity contribution is -0.157. The van der Waals surface area contributed by atoms with E-state index in [0.717, 1.165) is 12.8 Å². The maximum Gasteiger partial charge on any atom is 0.303 e. The molecule has 3 unspecified atom stereocenters. The molecule has 0 radical (unpaired) electrons. The highest BCUT2D eigenvalue weighted by molar-refractivity contribution is 6.35. The van der Waals surface area contributed by atoms with Crippen LogP contribution in [0.1, 0.15) is 65.4 Å². The van der Waals surface area contributed by atoms with Gasteiger partial charge >= 0.3 is 5.97 Å². The minimum Gasteiger partial charge on any atom is -0.450 e. The van der Waals surface area contributed by atoms with Crippen molar-refractivity contribution in [3.63, 3.8) is 0 Å². The molecule has 0 spiro atoms. The van der Waals surface area contributed by atoms with Crippen molar-refractivity contribution in [2.24, 2.45) is 11.3 Å². The summed E-state index contributed by atoms with van der Waals surface area (Å²) in [5, 5.41) is 12.0. The molecule has 1 aromatic carbocycles. The van der Waals surface area contributed by atoms with Gasteiger partial charge in [0.1, 0.15) is 6.04 Å². The number of carbonyl (C=O) groups is 5. The van der Waals surface area contributed by atoms with Gasteiger partial charge in [0.05, 0.1) is 6.04 Å². The highest BCUT2D eigenvalue weighted by Gasteiger charge is 2.40. The van der Waals surface area contributed by atoms with E-state index < -0.39 is 47.8 Å². The SMILES string of the molecule is CC(=O)OC(C(=O)NC1CC1)C(C[C@@H]1CCNC1=O)NC(=O)C(CC(C)(C)C)NC(=O)/C=C/c1ccc(Cl)cc1Cl. The molecule has 1 aliphatic heterocycles. The summed E-state index contributed by atoms with van der Waals surface area (Å²) in [5.74, 6) is -3.00. The number of hydrogen-bond donors (Lipinski definition) is 4. The van der Waals surface area contributed by atoms with E-state index >= 15 is 0 Å². The van der Waals surface area contributed by atoms with Crippen molar-refractivity contribution >= 4 is 58.9 Å². The van der Waals surface area contributed by atoms with Crippen molar-refractivity contribution in [1.29, 1.82) is 0 Å². The third kappa shape index (κ3) is 10.7. The lowest BCUT2D eigenvalue weighted by Crippen LogP contribution is -2.57. The Bertz CT molecular complexity index is 1190. The summed E-state index contributed by atoms with van der Waals surface area (Å²) < 4.78 is 5.40. The summed E-state index contributed by atoms with van der Waals surface area (Å²) in [7, 11) is 0. The van der Waals surface area contributed by atoms with Gasteiger partial charge in [0.2, 0.25) is 17.7 Å². The molecule has 12 heteroatoms. The summed E-state index contributed by atoms with van der Waals surface area (Å²) in [6.07, 6.45) is 3.93. The fourth-order valence-corrected chi connectivity index (χ4v) is 5.04. The first-order chi connectivity index (χ1) is 19.2. The molecule has 1 aromatic rings. The molecule has 1 heterocycles.